The quantitative estimate of drug-likeness (QED) is 0.724. The summed E-state index contributed by atoms with van der Waals surface area (Å²) in [5.74, 6) is 0. The van der Waals surface area contributed by atoms with Gasteiger partial charge in [-0.15, -0.1) is 0 Å². The van der Waals surface area contributed by atoms with E-state index in [0.29, 0.717) is 0 Å². The second kappa shape index (κ2) is 4.05. The Morgan fingerprint density at radius 2 is 0.812 bits per heavy atom. The molecule has 0 unspecified atom stereocenters. The first-order chi connectivity index (χ1) is 7.54. The first kappa shape index (κ1) is 10.8. The van der Waals surface area contributed by atoms with Crippen molar-refractivity contribution in [3.63, 3.8) is 0 Å². The summed E-state index contributed by atoms with van der Waals surface area (Å²) in [7, 11) is 0. The second-order valence-electron chi connectivity index (χ2n) is 4.28. The van der Waals surface area contributed by atoms with E-state index in [-0.39, 0.29) is 0 Å². The summed E-state index contributed by atoms with van der Waals surface area (Å²) in [6.07, 6.45) is 0. The molecule has 0 saturated carbocycles. The lowest BCUT2D eigenvalue weighted by molar-refractivity contribution is 1.11. The van der Waals surface area contributed by atoms with Gasteiger partial charge < -0.3 is 0 Å². The Morgan fingerprint density at radius 3 is 1.06 bits per heavy atom. The molecule has 0 aromatic carbocycles. The predicted octanol–water partition coefficient (Wildman–Crippen LogP) is 3.38. The van der Waals surface area contributed by atoms with Crippen LogP contribution in [0.4, 0.5) is 0 Å². The maximum Gasteiger partial charge on any atom is 0.0382 e. The zero-order valence-electron chi connectivity index (χ0n) is 10.2. The Bertz CT molecular complexity index is 440. The minimum Gasteiger partial charge on any atom is -0.258 e. The van der Waals surface area contributed by atoms with Gasteiger partial charge in [0, 0.05) is 22.8 Å². The number of nitrogens with zero attached hydrogens (tertiary/aromatic N) is 2. The van der Waals surface area contributed by atoms with Gasteiger partial charge in [0.2, 0.25) is 0 Å². The lowest BCUT2D eigenvalue weighted by atomic mass is 10.0. The zero-order valence-corrected chi connectivity index (χ0v) is 10.2. The van der Waals surface area contributed by atoms with Crippen LogP contribution >= 0.6 is 0 Å². The fourth-order valence-electron chi connectivity index (χ4n) is 2.00. The second-order valence-corrected chi connectivity index (χ2v) is 4.28. The van der Waals surface area contributed by atoms with E-state index in [9.17, 15) is 0 Å². The van der Waals surface area contributed by atoms with Crippen LogP contribution < -0.4 is 0 Å². The lowest BCUT2D eigenvalue weighted by Crippen LogP contribution is -1.91. The molecule has 0 fully saturated rings. The Hall–Kier alpha value is -1.70. The Balaban J connectivity index is 2.57. The highest BCUT2D eigenvalue weighted by Gasteiger charge is 2.02. The van der Waals surface area contributed by atoms with E-state index < -0.39 is 0 Å². The van der Waals surface area contributed by atoms with Crippen LogP contribution in [0.15, 0.2) is 24.3 Å². The Morgan fingerprint density at radius 1 is 0.562 bits per heavy atom. The van der Waals surface area contributed by atoms with E-state index in [1.165, 1.54) is 11.1 Å². The summed E-state index contributed by atoms with van der Waals surface area (Å²) in [4.78, 5) is 8.78. The topological polar surface area (TPSA) is 25.8 Å². The number of rotatable bonds is 1. The van der Waals surface area contributed by atoms with Crippen LogP contribution in [-0.4, -0.2) is 9.97 Å². The van der Waals surface area contributed by atoms with Crippen molar-refractivity contribution in [2.75, 3.05) is 0 Å². The summed E-state index contributed by atoms with van der Waals surface area (Å²) < 4.78 is 0. The molecule has 2 heterocycles. The SMILES string of the molecule is Cc1cc(-c2cc(C)nc(C)c2)cc(C)n1. The van der Waals surface area contributed by atoms with Crippen LogP contribution in [0.25, 0.3) is 11.1 Å². The van der Waals surface area contributed by atoms with Crippen molar-refractivity contribution < 1.29 is 0 Å². The molecule has 0 atom stereocenters. The number of aryl methyl sites for hydroxylation is 4. The minimum absolute atomic E-state index is 1.06. The van der Waals surface area contributed by atoms with Crippen molar-refractivity contribution in [3.8, 4) is 11.1 Å². The maximum atomic E-state index is 4.39. The molecule has 16 heavy (non-hydrogen) atoms. The molecule has 0 spiro atoms. The van der Waals surface area contributed by atoms with E-state index in [2.05, 4.69) is 34.2 Å². The van der Waals surface area contributed by atoms with Crippen molar-refractivity contribution in [2.45, 2.75) is 27.7 Å². The molecule has 0 saturated heterocycles. The average Bonchev–Trinajstić information content (AvgIpc) is 2.14. The van der Waals surface area contributed by atoms with Gasteiger partial charge in [-0.1, -0.05) is 0 Å². The van der Waals surface area contributed by atoms with Gasteiger partial charge in [0.1, 0.15) is 0 Å². The number of hydrogen-bond acceptors (Lipinski definition) is 2. The molecule has 82 valence electrons. The van der Waals surface area contributed by atoms with E-state index >= 15 is 0 Å². The fourth-order valence-corrected chi connectivity index (χ4v) is 2.00. The van der Waals surface area contributed by atoms with Gasteiger partial charge in [-0.25, -0.2) is 0 Å². The fraction of sp³-hybridized carbons (Fsp3) is 0.286. The standard InChI is InChI=1S/C14H16N2/c1-9-5-13(6-10(2)15-9)14-7-11(3)16-12(4)8-14/h5-8H,1-4H3. The molecule has 2 aromatic rings. The van der Waals surface area contributed by atoms with Crippen LogP contribution in [0, 0.1) is 27.7 Å². The highest BCUT2D eigenvalue weighted by molar-refractivity contribution is 5.64. The van der Waals surface area contributed by atoms with Crippen LogP contribution in [-0.2, 0) is 0 Å². The van der Waals surface area contributed by atoms with Gasteiger partial charge in [0.05, 0.1) is 0 Å². The lowest BCUT2D eigenvalue weighted by Gasteiger charge is -2.06. The highest BCUT2D eigenvalue weighted by Crippen LogP contribution is 2.22. The molecule has 0 aliphatic heterocycles. The van der Waals surface area contributed by atoms with E-state index in [1.54, 1.807) is 0 Å². The van der Waals surface area contributed by atoms with Gasteiger partial charge in [0.25, 0.3) is 0 Å². The number of hydrogen-bond donors (Lipinski definition) is 0. The largest absolute Gasteiger partial charge is 0.258 e. The molecule has 0 aliphatic carbocycles. The molecule has 0 amide bonds. The van der Waals surface area contributed by atoms with Crippen molar-refractivity contribution >= 4 is 0 Å². The number of pyridine rings is 2. The Kier molecular flexibility index (Phi) is 2.73. The minimum atomic E-state index is 1.06. The normalized spacial score (nSPS) is 10.5. The zero-order chi connectivity index (χ0) is 11.7. The van der Waals surface area contributed by atoms with Crippen LogP contribution in [0.5, 0.6) is 0 Å². The molecule has 2 heteroatoms. The van der Waals surface area contributed by atoms with E-state index in [0.717, 1.165) is 22.8 Å². The third-order valence-corrected chi connectivity index (χ3v) is 2.50. The van der Waals surface area contributed by atoms with Crippen LogP contribution in [0.2, 0.25) is 0 Å². The molecule has 0 radical (unpaired) electrons. The molecule has 0 bridgehead atoms. The summed E-state index contributed by atoms with van der Waals surface area (Å²) in [5.41, 5.74) is 6.67. The average molecular weight is 212 g/mol. The monoisotopic (exact) mass is 212 g/mol. The van der Waals surface area contributed by atoms with Crippen molar-refractivity contribution in [2.24, 2.45) is 0 Å². The molecular weight excluding hydrogens is 196 g/mol. The van der Waals surface area contributed by atoms with Crippen molar-refractivity contribution in [1.29, 1.82) is 0 Å². The number of aromatic nitrogens is 2. The molecule has 2 rings (SSSR count). The van der Waals surface area contributed by atoms with Gasteiger partial charge in [-0.2, -0.15) is 0 Å². The van der Waals surface area contributed by atoms with E-state index in [4.69, 9.17) is 0 Å². The summed E-state index contributed by atoms with van der Waals surface area (Å²) in [5, 5.41) is 0. The van der Waals surface area contributed by atoms with Crippen LogP contribution in [0.1, 0.15) is 22.8 Å². The predicted molar refractivity (Wildman–Crippen MR) is 66.4 cm³/mol. The molecule has 2 aromatic heterocycles. The smallest absolute Gasteiger partial charge is 0.0382 e. The first-order valence-electron chi connectivity index (χ1n) is 5.45. The summed E-state index contributed by atoms with van der Waals surface area (Å²) in [6.45, 7) is 8.10. The molecular formula is C14H16N2. The van der Waals surface area contributed by atoms with Gasteiger partial charge in [-0.3, -0.25) is 9.97 Å². The van der Waals surface area contributed by atoms with Crippen molar-refractivity contribution in [3.05, 3.63) is 47.0 Å². The first-order valence-corrected chi connectivity index (χ1v) is 5.45. The van der Waals surface area contributed by atoms with Gasteiger partial charge in [-0.05, 0) is 63.1 Å². The van der Waals surface area contributed by atoms with Gasteiger partial charge in [0.15, 0.2) is 0 Å². The highest BCUT2D eigenvalue weighted by atomic mass is 14.7. The summed E-state index contributed by atoms with van der Waals surface area (Å²) in [6, 6.07) is 8.45. The van der Waals surface area contributed by atoms with Gasteiger partial charge >= 0.3 is 0 Å². The Labute approximate surface area is 96.4 Å². The van der Waals surface area contributed by atoms with E-state index in [1.807, 2.05) is 27.7 Å². The molecule has 0 aliphatic rings. The molecule has 0 N–H and O–H groups in total. The third-order valence-electron chi connectivity index (χ3n) is 2.50. The van der Waals surface area contributed by atoms with Crippen LogP contribution in [0.3, 0.4) is 0 Å². The summed E-state index contributed by atoms with van der Waals surface area (Å²) >= 11 is 0. The maximum absolute atomic E-state index is 4.39. The molecule has 2 nitrogen and oxygen atoms in total. The third kappa shape index (κ3) is 2.27. The van der Waals surface area contributed by atoms with Crippen molar-refractivity contribution in [1.82, 2.24) is 9.97 Å².